The van der Waals surface area contributed by atoms with E-state index < -0.39 is 66.9 Å². The summed E-state index contributed by atoms with van der Waals surface area (Å²) in [7, 11) is 0. The summed E-state index contributed by atoms with van der Waals surface area (Å²) in [6, 6.07) is -5.14. The highest BCUT2D eigenvalue weighted by Gasteiger charge is 2.30. The van der Waals surface area contributed by atoms with Crippen LogP contribution in [-0.2, 0) is 24.0 Å². The lowest BCUT2D eigenvalue weighted by molar-refractivity contribution is -0.142. The van der Waals surface area contributed by atoms with Crippen molar-refractivity contribution in [3.05, 3.63) is 0 Å². The van der Waals surface area contributed by atoms with Crippen LogP contribution in [0.15, 0.2) is 0 Å². The average molecular weight is 436 g/mol. The third-order valence-electron chi connectivity index (χ3n) is 3.91. The molecule has 0 aliphatic carbocycles. The highest BCUT2D eigenvalue weighted by Crippen LogP contribution is 2.03. The number of aliphatic hydroxyl groups is 1. The number of carbonyl (C=O) groups excluding carboxylic acids is 3. The second-order valence-corrected chi connectivity index (χ2v) is 6.95. The van der Waals surface area contributed by atoms with Crippen molar-refractivity contribution in [2.45, 2.75) is 50.9 Å². The van der Waals surface area contributed by atoms with Gasteiger partial charge in [-0.1, -0.05) is 13.8 Å². The normalized spacial score (nSPS) is 15.0. The van der Waals surface area contributed by atoms with Crippen molar-refractivity contribution in [2.75, 3.05) is 12.4 Å². The molecule has 3 amide bonds. The molecule has 0 spiro atoms. The molecule has 13 heteroatoms. The summed E-state index contributed by atoms with van der Waals surface area (Å²) in [5.41, 5.74) is 5.67. The van der Waals surface area contributed by atoms with E-state index >= 15 is 0 Å². The first-order chi connectivity index (χ1) is 13.4. The summed E-state index contributed by atoms with van der Waals surface area (Å²) in [5, 5.41) is 33.8. The first kappa shape index (κ1) is 26.6. The Morgan fingerprint density at radius 3 is 1.79 bits per heavy atom. The molecule has 12 nitrogen and oxygen atoms in total. The molecule has 29 heavy (non-hydrogen) atoms. The topological polar surface area (TPSA) is 208 Å². The van der Waals surface area contributed by atoms with Crippen LogP contribution in [0.4, 0.5) is 0 Å². The fourth-order valence-electron chi connectivity index (χ4n) is 2.03. The van der Waals surface area contributed by atoms with E-state index in [0.717, 1.165) is 0 Å². The van der Waals surface area contributed by atoms with Crippen LogP contribution < -0.4 is 21.7 Å². The van der Waals surface area contributed by atoms with E-state index in [1.807, 2.05) is 0 Å². The Morgan fingerprint density at radius 1 is 0.897 bits per heavy atom. The molecule has 8 N–H and O–H groups in total. The molecule has 166 valence electrons. The lowest BCUT2D eigenvalue weighted by Gasteiger charge is -2.24. The molecular weight excluding hydrogens is 408 g/mol. The number of nitrogens with two attached hydrogens (primary N) is 1. The number of rotatable bonds is 13. The molecule has 0 aromatic rings. The first-order valence-corrected chi connectivity index (χ1v) is 9.40. The number of thiol groups is 1. The Labute approximate surface area is 173 Å². The Morgan fingerprint density at radius 2 is 1.38 bits per heavy atom. The summed E-state index contributed by atoms with van der Waals surface area (Å²) < 4.78 is 0. The Kier molecular flexibility index (Phi) is 11.9. The van der Waals surface area contributed by atoms with Gasteiger partial charge in [0, 0.05) is 12.2 Å². The van der Waals surface area contributed by atoms with Gasteiger partial charge in [-0.2, -0.15) is 12.6 Å². The number of amides is 3. The van der Waals surface area contributed by atoms with E-state index in [-0.39, 0.29) is 18.1 Å². The molecule has 0 aliphatic heterocycles. The Hall–Kier alpha value is -2.38. The molecule has 0 aromatic carbocycles. The van der Waals surface area contributed by atoms with E-state index in [1.165, 1.54) is 0 Å². The van der Waals surface area contributed by atoms with Crippen molar-refractivity contribution in [2.24, 2.45) is 11.7 Å². The van der Waals surface area contributed by atoms with Crippen LogP contribution in [0.1, 0.15) is 26.7 Å². The number of carboxylic acid groups (broad SMARTS) is 2. The molecule has 0 fully saturated rings. The van der Waals surface area contributed by atoms with Gasteiger partial charge in [-0.05, 0) is 12.3 Å². The minimum Gasteiger partial charge on any atom is -0.481 e. The van der Waals surface area contributed by atoms with E-state index in [4.69, 9.17) is 15.9 Å². The van der Waals surface area contributed by atoms with Crippen LogP contribution in [0.2, 0.25) is 0 Å². The van der Waals surface area contributed by atoms with Crippen molar-refractivity contribution in [3.63, 3.8) is 0 Å². The molecule has 0 heterocycles. The number of aliphatic hydroxyl groups excluding tert-OH is 1. The summed E-state index contributed by atoms with van der Waals surface area (Å²) >= 11 is 3.80. The van der Waals surface area contributed by atoms with E-state index in [1.54, 1.807) is 13.8 Å². The summed E-state index contributed by atoms with van der Waals surface area (Å²) in [5.74, 6) is -5.66. The predicted octanol–water partition coefficient (Wildman–Crippen LogP) is -2.70. The number of carbonyl (C=O) groups is 5. The van der Waals surface area contributed by atoms with Crippen LogP contribution in [0, 0.1) is 5.92 Å². The molecule has 0 radical (unpaired) electrons. The monoisotopic (exact) mass is 436 g/mol. The molecular formula is C16H28N4O8S. The maximum absolute atomic E-state index is 12.4. The highest BCUT2D eigenvalue weighted by atomic mass is 32.1. The molecule has 0 aliphatic rings. The van der Waals surface area contributed by atoms with Crippen molar-refractivity contribution in [1.29, 1.82) is 0 Å². The third kappa shape index (κ3) is 9.58. The van der Waals surface area contributed by atoms with Crippen LogP contribution in [0.3, 0.4) is 0 Å². The largest absolute Gasteiger partial charge is 0.481 e. The van der Waals surface area contributed by atoms with Gasteiger partial charge in [0.05, 0.1) is 12.6 Å². The van der Waals surface area contributed by atoms with Crippen LogP contribution in [0.25, 0.3) is 0 Å². The van der Waals surface area contributed by atoms with Gasteiger partial charge >= 0.3 is 11.9 Å². The zero-order valence-corrected chi connectivity index (χ0v) is 17.0. The van der Waals surface area contributed by atoms with Crippen LogP contribution in [0.5, 0.6) is 0 Å². The van der Waals surface area contributed by atoms with Crippen LogP contribution >= 0.6 is 12.6 Å². The quantitative estimate of drug-likeness (QED) is 0.141. The molecule has 4 atom stereocenters. The minimum absolute atomic E-state index is 0.233. The molecule has 4 unspecified atom stereocenters. The van der Waals surface area contributed by atoms with Gasteiger partial charge in [0.15, 0.2) is 0 Å². The Bertz CT molecular complexity index is 616. The lowest BCUT2D eigenvalue weighted by atomic mass is 10.0. The van der Waals surface area contributed by atoms with Crippen molar-refractivity contribution in [1.82, 2.24) is 16.0 Å². The fraction of sp³-hybridized carbons (Fsp3) is 0.688. The average Bonchev–Trinajstić information content (AvgIpc) is 2.65. The number of hydrogen-bond donors (Lipinski definition) is 8. The molecule has 0 bridgehead atoms. The fourth-order valence-corrected chi connectivity index (χ4v) is 2.28. The van der Waals surface area contributed by atoms with Gasteiger partial charge in [-0.3, -0.25) is 19.2 Å². The van der Waals surface area contributed by atoms with E-state index in [0.29, 0.717) is 0 Å². The van der Waals surface area contributed by atoms with Gasteiger partial charge in [0.1, 0.15) is 18.1 Å². The zero-order chi connectivity index (χ0) is 22.7. The molecule has 0 saturated heterocycles. The second-order valence-electron chi connectivity index (χ2n) is 6.59. The zero-order valence-electron chi connectivity index (χ0n) is 16.1. The van der Waals surface area contributed by atoms with Gasteiger partial charge < -0.3 is 37.0 Å². The van der Waals surface area contributed by atoms with Gasteiger partial charge in [-0.25, -0.2) is 4.79 Å². The van der Waals surface area contributed by atoms with E-state index in [2.05, 4.69) is 28.6 Å². The maximum atomic E-state index is 12.4. The summed E-state index contributed by atoms with van der Waals surface area (Å²) in [6.45, 7) is 2.57. The molecule has 0 saturated carbocycles. The third-order valence-corrected chi connectivity index (χ3v) is 4.28. The number of aliphatic carboxylic acids is 2. The summed E-state index contributed by atoms with van der Waals surface area (Å²) in [6.07, 6.45) is -0.839. The van der Waals surface area contributed by atoms with Crippen molar-refractivity contribution >= 4 is 42.3 Å². The lowest BCUT2D eigenvalue weighted by Crippen LogP contribution is -2.58. The molecule has 0 aromatic heterocycles. The molecule has 0 rings (SSSR count). The number of nitrogens with one attached hydrogen (secondary N) is 3. The highest BCUT2D eigenvalue weighted by molar-refractivity contribution is 7.80. The van der Waals surface area contributed by atoms with Gasteiger partial charge in [0.25, 0.3) is 0 Å². The first-order valence-electron chi connectivity index (χ1n) is 8.77. The van der Waals surface area contributed by atoms with Crippen molar-refractivity contribution < 1.29 is 39.3 Å². The standard InChI is InChI=1S/C16H28N4O8S/c1-7(2)12(17)15(26)19-9(5-21)14(25)18-8(3-4-11(22)23)13(24)20-10(6-29)16(27)28/h7-10,12,21,29H,3-6,17H2,1-2H3,(H,18,25)(H,19,26)(H,20,24)(H,22,23)(H,27,28). The minimum atomic E-state index is -1.44. The van der Waals surface area contributed by atoms with Crippen molar-refractivity contribution in [3.8, 4) is 0 Å². The summed E-state index contributed by atoms with van der Waals surface area (Å²) in [4.78, 5) is 58.5. The maximum Gasteiger partial charge on any atom is 0.327 e. The van der Waals surface area contributed by atoms with Gasteiger partial charge in [0.2, 0.25) is 17.7 Å². The smallest absolute Gasteiger partial charge is 0.327 e. The second kappa shape index (κ2) is 13.0. The van der Waals surface area contributed by atoms with Gasteiger partial charge in [-0.15, -0.1) is 0 Å². The Balaban J connectivity index is 5.24. The predicted molar refractivity (Wildman–Crippen MR) is 104 cm³/mol. The number of carboxylic acids is 2. The SMILES string of the molecule is CC(C)C(N)C(=O)NC(CO)C(=O)NC(CCC(=O)O)C(=O)NC(CS)C(=O)O. The van der Waals surface area contributed by atoms with E-state index in [9.17, 15) is 29.1 Å². The van der Waals surface area contributed by atoms with Crippen LogP contribution in [-0.4, -0.2) is 81.5 Å². The number of hydrogen-bond acceptors (Lipinski definition) is 8.